The summed E-state index contributed by atoms with van der Waals surface area (Å²) in [7, 11) is 4.16. The van der Waals surface area contributed by atoms with E-state index in [-0.39, 0.29) is 5.91 Å². The second-order valence-corrected chi connectivity index (χ2v) is 6.04. The third-order valence-corrected chi connectivity index (χ3v) is 3.69. The Morgan fingerprint density at radius 1 is 1.00 bits per heavy atom. The fraction of sp³-hybridized carbons (Fsp3) is 0.938. The normalized spacial score (nSPS) is 12.8. The van der Waals surface area contributed by atoms with Crippen LogP contribution in [-0.4, -0.2) is 31.4 Å². The average molecular weight is 270 g/mol. The van der Waals surface area contributed by atoms with Crippen LogP contribution in [0.5, 0.6) is 0 Å². The summed E-state index contributed by atoms with van der Waals surface area (Å²) in [5, 5.41) is 0. The van der Waals surface area contributed by atoms with E-state index >= 15 is 0 Å². The second kappa shape index (κ2) is 12.5. The maximum atomic E-state index is 11.1. The van der Waals surface area contributed by atoms with Gasteiger partial charge in [0.1, 0.15) is 0 Å². The van der Waals surface area contributed by atoms with Gasteiger partial charge in [-0.3, -0.25) is 4.79 Å². The molecular weight excluding hydrogens is 236 g/mol. The number of nitrogens with zero attached hydrogens (tertiary/aromatic N) is 1. The Bertz CT molecular complexity index is 217. The molecule has 0 saturated carbocycles. The number of amides is 1. The molecule has 3 heteroatoms. The molecule has 0 aromatic carbocycles. The molecule has 0 saturated heterocycles. The smallest absolute Gasteiger partial charge is 0.217 e. The predicted octanol–water partition coefficient (Wildman–Crippen LogP) is 3.57. The zero-order valence-corrected chi connectivity index (χ0v) is 13.3. The predicted molar refractivity (Wildman–Crippen MR) is 83.1 cm³/mol. The van der Waals surface area contributed by atoms with Crippen LogP contribution in [0.25, 0.3) is 0 Å². The molecule has 1 amide bonds. The van der Waals surface area contributed by atoms with Crippen molar-refractivity contribution in [1.82, 2.24) is 4.90 Å². The van der Waals surface area contributed by atoms with Crippen molar-refractivity contribution < 1.29 is 4.79 Å². The summed E-state index contributed by atoms with van der Waals surface area (Å²) in [4.78, 5) is 13.2. The molecule has 0 radical (unpaired) electrons. The van der Waals surface area contributed by atoms with E-state index in [1.54, 1.807) is 0 Å². The summed E-state index contributed by atoms with van der Waals surface area (Å²) in [6, 6.07) is 0. The van der Waals surface area contributed by atoms with Crippen molar-refractivity contribution in [3.05, 3.63) is 0 Å². The van der Waals surface area contributed by atoms with E-state index in [2.05, 4.69) is 25.9 Å². The number of carbonyl (C=O) groups is 1. The Kier molecular flexibility index (Phi) is 12.1. The third kappa shape index (κ3) is 13.7. The van der Waals surface area contributed by atoms with E-state index in [0.29, 0.717) is 12.3 Å². The lowest BCUT2D eigenvalue weighted by molar-refractivity contribution is -0.119. The maximum absolute atomic E-state index is 11.1. The fourth-order valence-electron chi connectivity index (χ4n) is 2.46. The largest absolute Gasteiger partial charge is 0.370 e. The zero-order valence-electron chi connectivity index (χ0n) is 13.3. The molecule has 114 valence electrons. The highest BCUT2D eigenvalue weighted by Crippen LogP contribution is 2.18. The second-order valence-electron chi connectivity index (χ2n) is 6.04. The van der Waals surface area contributed by atoms with Crippen LogP contribution in [0.2, 0.25) is 0 Å². The lowest BCUT2D eigenvalue weighted by Gasteiger charge is -2.18. The van der Waals surface area contributed by atoms with Crippen molar-refractivity contribution in [2.45, 2.75) is 71.1 Å². The summed E-state index contributed by atoms with van der Waals surface area (Å²) in [5.41, 5.74) is 5.33. The van der Waals surface area contributed by atoms with Crippen molar-refractivity contribution >= 4 is 5.91 Å². The highest BCUT2D eigenvalue weighted by molar-refractivity contribution is 5.73. The van der Waals surface area contributed by atoms with Crippen molar-refractivity contribution in [2.24, 2.45) is 11.7 Å². The number of carbonyl (C=O) groups excluding carboxylic acids is 1. The number of hydrogen-bond donors (Lipinski definition) is 1. The minimum Gasteiger partial charge on any atom is -0.370 e. The molecule has 0 aliphatic rings. The van der Waals surface area contributed by atoms with E-state index in [9.17, 15) is 4.79 Å². The van der Waals surface area contributed by atoms with Crippen LogP contribution in [0, 0.1) is 5.92 Å². The summed E-state index contributed by atoms with van der Waals surface area (Å²) in [6.45, 7) is 3.30. The van der Waals surface area contributed by atoms with Gasteiger partial charge in [0.2, 0.25) is 5.91 Å². The number of hydrogen-bond acceptors (Lipinski definition) is 2. The van der Waals surface area contributed by atoms with Gasteiger partial charge in [-0.05, 0) is 39.4 Å². The summed E-state index contributed by atoms with van der Waals surface area (Å²) < 4.78 is 0. The Balaban J connectivity index is 3.64. The molecule has 3 nitrogen and oxygen atoms in total. The third-order valence-electron chi connectivity index (χ3n) is 3.69. The maximum Gasteiger partial charge on any atom is 0.217 e. The first-order chi connectivity index (χ1) is 9.06. The molecule has 0 spiro atoms. The summed E-state index contributed by atoms with van der Waals surface area (Å²) in [5.74, 6) is 0.335. The molecule has 0 aliphatic carbocycles. The lowest BCUT2D eigenvalue weighted by atomic mass is 9.93. The quantitative estimate of drug-likeness (QED) is 0.520. The minimum absolute atomic E-state index is 0.147. The molecule has 0 aliphatic heterocycles. The summed E-state index contributed by atoms with van der Waals surface area (Å²) >= 11 is 0. The number of rotatable bonds is 13. The van der Waals surface area contributed by atoms with Crippen LogP contribution in [0.3, 0.4) is 0 Å². The topological polar surface area (TPSA) is 46.3 Å². The van der Waals surface area contributed by atoms with Gasteiger partial charge in [-0.25, -0.2) is 0 Å². The molecular formula is C16H34N2O. The highest BCUT2D eigenvalue weighted by Gasteiger charge is 2.12. The van der Waals surface area contributed by atoms with E-state index < -0.39 is 0 Å². The van der Waals surface area contributed by atoms with Crippen LogP contribution >= 0.6 is 0 Å². The van der Waals surface area contributed by atoms with E-state index in [0.717, 1.165) is 19.4 Å². The highest BCUT2D eigenvalue weighted by atomic mass is 16.1. The fourth-order valence-corrected chi connectivity index (χ4v) is 2.46. The molecule has 19 heavy (non-hydrogen) atoms. The molecule has 0 heterocycles. The van der Waals surface area contributed by atoms with Gasteiger partial charge in [0.25, 0.3) is 0 Å². The van der Waals surface area contributed by atoms with Crippen molar-refractivity contribution in [1.29, 1.82) is 0 Å². The minimum atomic E-state index is -0.147. The van der Waals surface area contributed by atoms with E-state index in [1.165, 1.54) is 44.9 Å². The van der Waals surface area contributed by atoms with Gasteiger partial charge in [0.05, 0.1) is 0 Å². The standard InChI is InChI=1S/C16H34N2O/c1-4-5-6-7-8-9-10-11-15(14-16(17)19)12-13-18(2)3/h15H,4-14H2,1-3H3,(H2,17,19). The van der Waals surface area contributed by atoms with Crippen LogP contribution in [-0.2, 0) is 4.79 Å². The van der Waals surface area contributed by atoms with Crippen molar-refractivity contribution in [3.8, 4) is 0 Å². The Morgan fingerprint density at radius 2 is 1.58 bits per heavy atom. The Labute approximate surface area is 119 Å². The molecule has 0 aromatic heterocycles. The van der Waals surface area contributed by atoms with Crippen LogP contribution in [0.15, 0.2) is 0 Å². The van der Waals surface area contributed by atoms with Crippen LogP contribution in [0.4, 0.5) is 0 Å². The van der Waals surface area contributed by atoms with Gasteiger partial charge in [-0.2, -0.15) is 0 Å². The van der Waals surface area contributed by atoms with Crippen molar-refractivity contribution in [3.63, 3.8) is 0 Å². The monoisotopic (exact) mass is 270 g/mol. The summed E-state index contributed by atoms with van der Waals surface area (Å²) in [6.07, 6.45) is 12.1. The van der Waals surface area contributed by atoms with Crippen LogP contribution in [0.1, 0.15) is 71.1 Å². The first kappa shape index (κ1) is 18.4. The number of primary amides is 1. The molecule has 1 unspecified atom stereocenters. The molecule has 2 N–H and O–H groups in total. The molecule has 0 rings (SSSR count). The van der Waals surface area contributed by atoms with Gasteiger partial charge >= 0.3 is 0 Å². The van der Waals surface area contributed by atoms with E-state index in [4.69, 9.17) is 5.73 Å². The van der Waals surface area contributed by atoms with Gasteiger partial charge in [0.15, 0.2) is 0 Å². The zero-order chi connectivity index (χ0) is 14.5. The van der Waals surface area contributed by atoms with Gasteiger partial charge in [-0.15, -0.1) is 0 Å². The average Bonchev–Trinajstić information content (AvgIpc) is 2.33. The van der Waals surface area contributed by atoms with Gasteiger partial charge in [-0.1, -0.05) is 51.9 Å². The lowest BCUT2D eigenvalue weighted by Crippen LogP contribution is -2.21. The van der Waals surface area contributed by atoms with Gasteiger partial charge in [0, 0.05) is 6.42 Å². The molecule has 0 aromatic rings. The van der Waals surface area contributed by atoms with Crippen molar-refractivity contribution in [2.75, 3.05) is 20.6 Å². The van der Waals surface area contributed by atoms with Crippen LogP contribution < -0.4 is 5.73 Å². The number of unbranched alkanes of at least 4 members (excludes halogenated alkanes) is 6. The number of nitrogens with two attached hydrogens (primary N) is 1. The molecule has 0 bridgehead atoms. The first-order valence-corrected chi connectivity index (χ1v) is 7.99. The SMILES string of the molecule is CCCCCCCCCC(CCN(C)C)CC(N)=O. The first-order valence-electron chi connectivity index (χ1n) is 7.99. The molecule has 0 fully saturated rings. The Morgan fingerprint density at radius 3 is 2.11 bits per heavy atom. The Hall–Kier alpha value is -0.570. The van der Waals surface area contributed by atoms with Gasteiger partial charge < -0.3 is 10.6 Å². The molecule has 1 atom stereocenters. The van der Waals surface area contributed by atoms with E-state index in [1.807, 2.05) is 0 Å².